The van der Waals surface area contributed by atoms with E-state index in [0.717, 1.165) is 21.6 Å². The number of guanidine groups is 1. The highest BCUT2D eigenvalue weighted by molar-refractivity contribution is 8.76. The van der Waals surface area contributed by atoms with E-state index in [1.54, 1.807) is 55.4 Å². The molecule has 1 aliphatic heterocycles. The SMILES string of the molecule is CC(C)C[C@@H](NC(=O)[C@@H](CCCCN)NC(=O)CNC(=O)CNC(=O)[C@@H]1CSSC[C@H](N)C(=O)N[C@@H](CC(N)=O)C(=O)NCC(=O)N[C@@H](CCCNC(=N)N)C(=O)N1)C(=O)N[C@H](C)C(=O)N[C@H](CCCCN)C(=O)N[C@H](CC(C)C)C(=O)N[C@H](C)C(=O)N[C@H](CCCCN)C(=O)N[C@H](CCCCN)C(=O)N[C@H](CC(C)C)C(=O)N[C@H](C)C(=O)N[C@H](CCCCN)C(=O)N[C@H](CC(C)C)C(=O)N[C@H](C)C(=O)N[C@H](CCCCN)C(=O)O. The predicted molar refractivity (Wildman–Crippen MR) is 563 cm³/mol. The fourth-order valence-corrected chi connectivity index (χ4v) is 17.3. The normalized spacial score (nSPS) is 17.5. The lowest BCUT2D eigenvalue weighted by molar-refractivity contribution is -0.142. The number of hydrogen-bond acceptors (Lipinski definition) is 32. The van der Waals surface area contributed by atoms with Crippen LogP contribution in [0, 0.1) is 29.1 Å². The molecule has 0 aromatic heterocycles. The highest BCUT2D eigenvalue weighted by Crippen LogP contribution is 2.24. The van der Waals surface area contributed by atoms with Gasteiger partial charge in [0, 0.05) is 18.1 Å². The van der Waals surface area contributed by atoms with Gasteiger partial charge in [-0.05, 0) is 245 Å². The van der Waals surface area contributed by atoms with E-state index >= 15 is 0 Å². The van der Waals surface area contributed by atoms with E-state index in [-0.39, 0.29) is 177 Å². The topological polar surface area (TPSA) is 906 Å². The second-order valence-electron chi connectivity index (χ2n) is 38.9. The molecular formula is C94H173N31O23S2. The largest absolute Gasteiger partial charge is 0.480 e. The van der Waals surface area contributed by atoms with Crippen LogP contribution in [0.4, 0.5) is 0 Å². The number of primary amides is 1. The first-order chi connectivity index (χ1) is 70.8. The van der Waals surface area contributed by atoms with Gasteiger partial charge in [0.25, 0.3) is 0 Å². The van der Waals surface area contributed by atoms with Crippen LogP contribution in [-0.2, 0) is 105 Å². The molecule has 41 N–H and O–H groups in total. The Balaban J connectivity index is 3.47. The maximum absolute atomic E-state index is 14.6. The van der Waals surface area contributed by atoms with Crippen LogP contribution >= 0.6 is 21.6 Å². The maximum Gasteiger partial charge on any atom is 0.326 e. The molecule has 0 saturated carbocycles. The van der Waals surface area contributed by atoms with E-state index in [2.05, 4.69) is 112 Å². The summed E-state index contributed by atoms with van der Waals surface area (Å²) in [5.41, 5.74) is 51.6. The highest BCUT2D eigenvalue weighted by atomic mass is 33.1. The number of amides is 21. The number of carboxylic acids is 1. The molecule has 1 aliphatic rings. The third-order valence-electron chi connectivity index (χ3n) is 23.4. The summed E-state index contributed by atoms with van der Waals surface area (Å²) in [6.07, 6.45) is 3.88. The van der Waals surface area contributed by atoms with Crippen LogP contribution in [0.5, 0.6) is 0 Å². The molecule has 54 nitrogen and oxygen atoms in total. The van der Waals surface area contributed by atoms with Gasteiger partial charge in [-0.3, -0.25) is 106 Å². The second-order valence-corrected chi connectivity index (χ2v) is 41.5. The maximum atomic E-state index is 14.6. The van der Waals surface area contributed by atoms with Crippen LogP contribution in [0.3, 0.4) is 0 Å². The van der Waals surface area contributed by atoms with Crippen molar-refractivity contribution in [2.45, 2.75) is 352 Å². The molecule has 1 fully saturated rings. The number of unbranched alkanes of at least 4 members (excludes halogenated alkanes) is 6. The van der Waals surface area contributed by atoms with Crippen molar-refractivity contribution in [2.24, 2.45) is 75.3 Å². The van der Waals surface area contributed by atoms with Crippen molar-refractivity contribution >= 4 is 158 Å². The molecule has 854 valence electrons. The number of carboxylic acid groups (broad SMARTS) is 1. The number of nitrogens with two attached hydrogens (primary N) is 9. The van der Waals surface area contributed by atoms with Crippen LogP contribution < -0.4 is 163 Å². The lowest BCUT2D eigenvalue weighted by Gasteiger charge is -2.28. The van der Waals surface area contributed by atoms with Crippen LogP contribution in [0.1, 0.15) is 244 Å². The Bertz CT molecular complexity index is 4360. The molecule has 18 atom stereocenters. The molecule has 1 heterocycles. The van der Waals surface area contributed by atoms with Crippen molar-refractivity contribution in [3.05, 3.63) is 0 Å². The molecule has 150 heavy (non-hydrogen) atoms. The summed E-state index contributed by atoms with van der Waals surface area (Å²) in [6.45, 7) is 18.6. The summed E-state index contributed by atoms with van der Waals surface area (Å²) in [6, 6.07) is -24.3. The van der Waals surface area contributed by atoms with Crippen LogP contribution in [0.2, 0.25) is 0 Å². The Hall–Kier alpha value is -12.0. The molecule has 1 rings (SSSR count). The Morgan fingerprint density at radius 2 is 0.640 bits per heavy atom. The van der Waals surface area contributed by atoms with E-state index < -0.39 is 265 Å². The summed E-state index contributed by atoms with van der Waals surface area (Å²) in [7, 11) is 1.94. The van der Waals surface area contributed by atoms with Crippen LogP contribution in [0.15, 0.2) is 0 Å². The summed E-state index contributed by atoms with van der Waals surface area (Å²) in [4.78, 5) is 303. The summed E-state index contributed by atoms with van der Waals surface area (Å²) in [5.74, 6) is -21.2. The molecule has 1 saturated heterocycles. The summed E-state index contributed by atoms with van der Waals surface area (Å²) >= 11 is 0. The van der Waals surface area contributed by atoms with Crippen molar-refractivity contribution in [1.29, 1.82) is 5.41 Å². The number of hydrogen-bond donors (Lipinski definition) is 32. The second kappa shape index (κ2) is 75.7. The van der Waals surface area contributed by atoms with Crippen molar-refractivity contribution in [1.82, 2.24) is 112 Å². The number of rotatable bonds is 71. The Labute approximate surface area is 885 Å². The van der Waals surface area contributed by atoms with E-state index in [1.165, 1.54) is 27.7 Å². The number of carbonyl (C=O) groups excluding carboxylic acids is 21. The Morgan fingerprint density at radius 1 is 0.340 bits per heavy atom. The molecule has 0 aromatic carbocycles. The minimum atomic E-state index is -1.53. The number of carbonyl (C=O) groups is 22. The van der Waals surface area contributed by atoms with Gasteiger partial charge < -0.3 is 168 Å². The minimum Gasteiger partial charge on any atom is -0.480 e. The van der Waals surface area contributed by atoms with Gasteiger partial charge in [-0.15, -0.1) is 0 Å². The van der Waals surface area contributed by atoms with Gasteiger partial charge in [0.1, 0.15) is 103 Å². The van der Waals surface area contributed by atoms with Crippen molar-refractivity contribution < 1.29 is 111 Å². The quantitative estimate of drug-likeness (QED) is 0.0116. The Morgan fingerprint density at radius 3 is 0.960 bits per heavy atom. The molecule has 21 amide bonds. The first kappa shape index (κ1) is 136. The molecule has 0 spiro atoms. The molecule has 0 radical (unpaired) electrons. The lowest BCUT2D eigenvalue weighted by atomic mass is 10.0. The lowest BCUT2D eigenvalue weighted by Crippen LogP contribution is -2.60. The van der Waals surface area contributed by atoms with Gasteiger partial charge in [0.15, 0.2) is 5.96 Å². The van der Waals surface area contributed by atoms with Gasteiger partial charge in [0.2, 0.25) is 124 Å². The van der Waals surface area contributed by atoms with Crippen molar-refractivity contribution in [3.8, 4) is 0 Å². The van der Waals surface area contributed by atoms with E-state index in [0.29, 0.717) is 64.3 Å². The first-order valence-electron chi connectivity index (χ1n) is 51.5. The highest BCUT2D eigenvalue weighted by Gasteiger charge is 2.40. The fourth-order valence-electron chi connectivity index (χ4n) is 15.0. The number of aliphatic carboxylic acids is 1. The van der Waals surface area contributed by atoms with Crippen molar-refractivity contribution in [2.75, 3.05) is 77.0 Å². The van der Waals surface area contributed by atoms with Gasteiger partial charge in [-0.2, -0.15) is 0 Å². The van der Waals surface area contributed by atoms with Gasteiger partial charge >= 0.3 is 5.97 Å². The number of nitrogens with one attached hydrogen (secondary N) is 22. The molecular weight excluding hydrogens is 2000 g/mol. The zero-order chi connectivity index (χ0) is 113. The average molecular weight is 2170 g/mol. The van der Waals surface area contributed by atoms with E-state index in [9.17, 15) is 111 Å². The molecule has 0 aromatic rings. The zero-order valence-corrected chi connectivity index (χ0v) is 90.4. The molecule has 0 unspecified atom stereocenters. The zero-order valence-electron chi connectivity index (χ0n) is 88.8. The van der Waals surface area contributed by atoms with E-state index in [4.69, 9.17) is 57.0 Å². The third kappa shape index (κ3) is 57.9. The van der Waals surface area contributed by atoms with Crippen LogP contribution in [0.25, 0.3) is 0 Å². The molecule has 0 aliphatic carbocycles. The molecule has 0 bridgehead atoms. The molecule has 56 heteroatoms. The minimum absolute atomic E-state index is 0.0107. The smallest absolute Gasteiger partial charge is 0.326 e. The first-order valence-corrected chi connectivity index (χ1v) is 54.0. The van der Waals surface area contributed by atoms with Crippen molar-refractivity contribution in [3.63, 3.8) is 0 Å². The Kier molecular flexibility index (Phi) is 68.6. The third-order valence-corrected chi connectivity index (χ3v) is 25.8. The standard InChI is InChI=1S/C94H173N31O23S2/c1-50(2)40-66(121-83(137)59(26-13-19-33-95)113-74(128)46-106-73(127)45-107-82(136)71-49-150-149-48-58(101)80(134)120-70(44-72(102)126)81(135)108-47-75(129)114-60(84(138)125-71)32-25-39-105-94(103)104)89(143)109-55(10)77(131)116-62(28-15-21-35-97)86(140)122-67(41-51(3)4)90(144)110-54(9)76(130)115-61(27-14-20-34-96)85(139)118-64(30-17-23-37-99)88(142)124-69(43-53(7)8)91(145)111-56(11)78(132)117-63(29-16-22-36-98)87(141)123-68(42-52(5)6)92(146)112-57(12)79(133)119-65(93(147)148)31-18-24-38-100/h50-71H,13-49,95-101H2,1-12H3,(H2,102,126)(H,106,127)(H,107,136)(H,108,135)(H,109,143)(H,110,144)(H,111,145)(H,112,146)(H,113,128)(H,114,129)(H,115,130)(H,116,131)(H,117,132)(H,118,139)(H,119,133)(H,120,134)(H,121,137)(H,122,140)(H,123,141)(H,124,142)(H,125,138)(H,147,148)(H4,103,104,105)/t54-,55-,56-,57-,58+,59-,60+,61-,62-,63-,64-,65-,66-,67-,68-,69-,70+,71+/m1/s1. The monoisotopic (exact) mass is 2170 g/mol. The van der Waals surface area contributed by atoms with Gasteiger partial charge in [0.05, 0.1) is 32.1 Å². The van der Waals surface area contributed by atoms with Crippen LogP contribution in [-0.4, -0.2) is 327 Å². The fraction of sp³-hybridized carbons (Fsp3) is 0.755. The predicted octanol–water partition coefficient (Wildman–Crippen LogP) is -8.44. The van der Waals surface area contributed by atoms with E-state index in [1.807, 2.05) is 0 Å². The van der Waals surface area contributed by atoms with Gasteiger partial charge in [-0.25, -0.2) is 4.79 Å². The summed E-state index contributed by atoms with van der Waals surface area (Å²) in [5, 5.41) is 71.0. The summed E-state index contributed by atoms with van der Waals surface area (Å²) < 4.78 is 0. The van der Waals surface area contributed by atoms with Gasteiger partial charge in [-0.1, -0.05) is 77.0 Å². The average Bonchev–Trinajstić information content (AvgIpc) is 0.865.